The number of hydrogen-bond donors (Lipinski definition) is 1. The van der Waals surface area contributed by atoms with Crippen molar-refractivity contribution in [3.8, 4) is 0 Å². The van der Waals surface area contributed by atoms with Crippen LogP contribution in [0.1, 0.15) is 52.9 Å². The molecular weight excluding hydrogens is 222 g/mol. The van der Waals surface area contributed by atoms with Crippen LogP contribution in [-0.2, 0) is 4.79 Å². The second-order valence-electron chi connectivity index (χ2n) is 5.40. The smallest absolute Gasteiger partial charge is 0.223 e. The first-order valence-corrected chi connectivity index (χ1v) is 6.94. The Hall–Kier alpha value is -0.240. The van der Waals surface area contributed by atoms with E-state index in [-0.39, 0.29) is 17.4 Å². The summed E-state index contributed by atoms with van der Waals surface area (Å²) in [5.74, 6) is 1.58. The SMILES string of the molecule is CCC(C)C(=O)NC1(CCl)CCC(C)CC1. The molecule has 0 aromatic rings. The van der Waals surface area contributed by atoms with Crippen LogP contribution in [-0.4, -0.2) is 17.3 Å². The highest BCUT2D eigenvalue weighted by atomic mass is 35.5. The Kier molecular flexibility index (Phi) is 5.10. The van der Waals surface area contributed by atoms with Gasteiger partial charge in [0, 0.05) is 11.8 Å². The number of nitrogens with one attached hydrogen (secondary N) is 1. The molecule has 0 aliphatic heterocycles. The summed E-state index contributed by atoms with van der Waals surface area (Å²) in [6, 6.07) is 0. The van der Waals surface area contributed by atoms with Gasteiger partial charge in [0.15, 0.2) is 0 Å². The Morgan fingerprint density at radius 1 is 1.50 bits per heavy atom. The fraction of sp³-hybridized carbons (Fsp3) is 0.923. The summed E-state index contributed by atoms with van der Waals surface area (Å²) in [5, 5.41) is 3.18. The summed E-state index contributed by atoms with van der Waals surface area (Å²) >= 11 is 6.06. The van der Waals surface area contributed by atoms with E-state index in [2.05, 4.69) is 12.2 Å². The summed E-state index contributed by atoms with van der Waals surface area (Å²) in [6.07, 6.45) is 5.29. The second-order valence-corrected chi connectivity index (χ2v) is 5.66. The van der Waals surface area contributed by atoms with E-state index in [0.29, 0.717) is 5.88 Å². The molecule has 0 radical (unpaired) electrons. The van der Waals surface area contributed by atoms with Crippen molar-refractivity contribution in [3.63, 3.8) is 0 Å². The summed E-state index contributed by atoms with van der Waals surface area (Å²) in [4.78, 5) is 11.9. The first-order valence-electron chi connectivity index (χ1n) is 6.41. The third-order valence-corrected chi connectivity index (χ3v) is 4.45. The fourth-order valence-electron chi connectivity index (χ4n) is 2.18. The average molecular weight is 246 g/mol. The number of carbonyl (C=O) groups is 1. The average Bonchev–Trinajstić information content (AvgIpc) is 2.31. The number of rotatable bonds is 4. The molecule has 1 fully saturated rings. The molecule has 1 aliphatic carbocycles. The Balaban J connectivity index is 2.57. The molecule has 3 heteroatoms. The highest BCUT2D eigenvalue weighted by Crippen LogP contribution is 2.33. The van der Waals surface area contributed by atoms with Gasteiger partial charge in [-0.05, 0) is 38.0 Å². The summed E-state index contributed by atoms with van der Waals surface area (Å²) in [5.41, 5.74) is -0.130. The van der Waals surface area contributed by atoms with Crippen molar-refractivity contribution in [1.82, 2.24) is 5.32 Å². The van der Waals surface area contributed by atoms with Gasteiger partial charge in [-0.2, -0.15) is 0 Å². The zero-order chi connectivity index (χ0) is 12.2. The second kappa shape index (κ2) is 5.90. The molecule has 16 heavy (non-hydrogen) atoms. The lowest BCUT2D eigenvalue weighted by atomic mass is 9.78. The Labute approximate surface area is 104 Å². The molecule has 0 spiro atoms. The standard InChI is InChI=1S/C13H24ClNO/c1-4-11(3)12(16)15-13(9-14)7-5-10(2)6-8-13/h10-11H,4-9H2,1-3H3,(H,15,16). The van der Waals surface area contributed by atoms with Crippen molar-refractivity contribution in [2.24, 2.45) is 11.8 Å². The molecule has 1 N–H and O–H groups in total. The number of halogens is 1. The van der Waals surface area contributed by atoms with Crippen molar-refractivity contribution in [1.29, 1.82) is 0 Å². The van der Waals surface area contributed by atoms with E-state index < -0.39 is 0 Å². The van der Waals surface area contributed by atoms with Gasteiger partial charge in [0.1, 0.15) is 0 Å². The maximum Gasteiger partial charge on any atom is 0.223 e. The highest BCUT2D eigenvalue weighted by molar-refractivity contribution is 6.18. The fourth-order valence-corrected chi connectivity index (χ4v) is 2.51. The first kappa shape index (κ1) is 13.8. The summed E-state index contributed by atoms with van der Waals surface area (Å²) < 4.78 is 0. The molecule has 1 unspecified atom stereocenters. The largest absolute Gasteiger partial charge is 0.349 e. The molecule has 0 bridgehead atoms. The minimum Gasteiger partial charge on any atom is -0.349 e. The lowest BCUT2D eigenvalue weighted by molar-refractivity contribution is -0.126. The van der Waals surface area contributed by atoms with Crippen LogP contribution < -0.4 is 5.32 Å². The van der Waals surface area contributed by atoms with Gasteiger partial charge < -0.3 is 5.32 Å². The van der Waals surface area contributed by atoms with E-state index in [1.165, 1.54) is 12.8 Å². The van der Waals surface area contributed by atoms with Crippen molar-refractivity contribution in [3.05, 3.63) is 0 Å². The van der Waals surface area contributed by atoms with Crippen LogP contribution in [0.25, 0.3) is 0 Å². The number of amides is 1. The molecular formula is C13H24ClNO. The molecule has 1 aliphatic rings. The molecule has 2 nitrogen and oxygen atoms in total. The van der Waals surface area contributed by atoms with Crippen molar-refractivity contribution < 1.29 is 4.79 Å². The Morgan fingerprint density at radius 3 is 2.50 bits per heavy atom. The third-order valence-electron chi connectivity index (χ3n) is 3.94. The van der Waals surface area contributed by atoms with Crippen LogP contribution in [0, 0.1) is 11.8 Å². The van der Waals surface area contributed by atoms with Gasteiger partial charge in [0.2, 0.25) is 5.91 Å². The minimum absolute atomic E-state index is 0.0967. The molecule has 1 atom stereocenters. The maximum absolute atomic E-state index is 11.9. The Morgan fingerprint density at radius 2 is 2.06 bits per heavy atom. The highest BCUT2D eigenvalue weighted by Gasteiger charge is 2.35. The van der Waals surface area contributed by atoms with E-state index >= 15 is 0 Å². The molecule has 1 amide bonds. The Bertz CT molecular complexity index is 234. The van der Waals surface area contributed by atoms with E-state index in [9.17, 15) is 4.79 Å². The molecule has 1 rings (SSSR count). The van der Waals surface area contributed by atoms with Crippen LogP contribution in [0.2, 0.25) is 0 Å². The van der Waals surface area contributed by atoms with Gasteiger partial charge in [-0.25, -0.2) is 0 Å². The quantitative estimate of drug-likeness (QED) is 0.757. The van der Waals surface area contributed by atoms with Gasteiger partial charge >= 0.3 is 0 Å². The monoisotopic (exact) mass is 245 g/mol. The van der Waals surface area contributed by atoms with Crippen molar-refractivity contribution >= 4 is 17.5 Å². The number of carbonyl (C=O) groups excluding carboxylic acids is 1. The lowest BCUT2D eigenvalue weighted by Crippen LogP contribution is -2.53. The molecule has 0 saturated heterocycles. The van der Waals surface area contributed by atoms with Gasteiger partial charge in [0.25, 0.3) is 0 Å². The molecule has 94 valence electrons. The van der Waals surface area contributed by atoms with Crippen molar-refractivity contribution in [2.45, 2.75) is 58.4 Å². The van der Waals surface area contributed by atoms with Crippen LogP contribution >= 0.6 is 11.6 Å². The molecule has 0 heterocycles. The summed E-state index contributed by atoms with van der Waals surface area (Å²) in [7, 11) is 0. The first-order chi connectivity index (χ1) is 7.53. The topological polar surface area (TPSA) is 29.1 Å². The van der Waals surface area contributed by atoms with E-state index in [4.69, 9.17) is 11.6 Å². The zero-order valence-corrected chi connectivity index (χ0v) is 11.4. The maximum atomic E-state index is 11.9. The molecule has 0 aromatic heterocycles. The predicted octanol–water partition coefficient (Wildman–Crippen LogP) is 3.34. The van der Waals surface area contributed by atoms with Crippen LogP contribution in [0.3, 0.4) is 0 Å². The van der Waals surface area contributed by atoms with Crippen LogP contribution in [0.5, 0.6) is 0 Å². The van der Waals surface area contributed by atoms with Gasteiger partial charge in [-0.3, -0.25) is 4.79 Å². The van der Waals surface area contributed by atoms with Crippen LogP contribution in [0.4, 0.5) is 0 Å². The van der Waals surface area contributed by atoms with Crippen molar-refractivity contribution in [2.75, 3.05) is 5.88 Å². The lowest BCUT2D eigenvalue weighted by Gasteiger charge is -2.39. The molecule has 0 aromatic carbocycles. The van der Waals surface area contributed by atoms with Crippen LogP contribution in [0.15, 0.2) is 0 Å². The predicted molar refractivity (Wildman–Crippen MR) is 68.7 cm³/mol. The molecule has 1 saturated carbocycles. The van der Waals surface area contributed by atoms with Gasteiger partial charge in [-0.15, -0.1) is 11.6 Å². The summed E-state index contributed by atoms with van der Waals surface area (Å²) in [6.45, 7) is 6.29. The third kappa shape index (κ3) is 3.38. The zero-order valence-electron chi connectivity index (χ0n) is 10.7. The normalized spacial score (nSPS) is 32.1. The van der Waals surface area contributed by atoms with E-state index in [1.54, 1.807) is 0 Å². The minimum atomic E-state index is -0.130. The number of hydrogen-bond acceptors (Lipinski definition) is 1. The van der Waals surface area contributed by atoms with Gasteiger partial charge in [-0.1, -0.05) is 20.8 Å². The van der Waals surface area contributed by atoms with E-state index in [0.717, 1.165) is 25.2 Å². The van der Waals surface area contributed by atoms with Gasteiger partial charge in [0.05, 0.1) is 5.54 Å². The number of alkyl halides is 1. The van der Waals surface area contributed by atoms with E-state index in [1.807, 2.05) is 13.8 Å².